The van der Waals surface area contributed by atoms with Crippen molar-refractivity contribution in [1.82, 2.24) is 10.6 Å². The van der Waals surface area contributed by atoms with Crippen molar-refractivity contribution in [3.05, 3.63) is 108 Å². The minimum absolute atomic E-state index is 0.0235. The normalized spacial score (nSPS) is 10.9. The minimum atomic E-state index is -0.730. The lowest BCUT2D eigenvalue weighted by molar-refractivity contribution is -0.141. The predicted octanol–water partition coefficient (Wildman–Crippen LogP) is 2.86. The van der Waals surface area contributed by atoms with E-state index in [4.69, 9.17) is 0 Å². The van der Waals surface area contributed by atoms with E-state index in [1.807, 2.05) is 91.0 Å². The molecule has 0 aliphatic carbocycles. The third-order valence-electron chi connectivity index (χ3n) is 4.79. The van der Waals surface area contributed by atoms with Crippen molar-refractivity contribution in [1.29, 1.82) is 0 Å². The molecule has 0 unspecified atom stereocenters. The second-order valence-corrected chi connectivity index (χ2v) is 6.55. The number of hydrogen-bond acceptors (Lipinski definition) is 4. The molecule has 3 aromatic rings. The van der Waals surface area contributed by atoms with E-state index in [0.717, 1.165) is 16.7 Å². The molecular weight excluding hydrogens is 364 g/mol. The van der Waals surface area contributed by atoms with Crippen LogP contribution in [0.3, 0.4) is 0 Å². The van der Waals surface area contributed by atoms with Crippen LogP contribution in [0.4, 0.5) is 0 Å². The summed E-state index contributed by atoms with van der Waals surface area (Å²) < 4.78 is 4.58. The molecule has 0 saturated heterocycles. The van der Waals surface area contributed by atoms with Crippen LogP contribution in [0.15, 0.2) is 91.0 Å². The number of hydrogen-bond donors (Lipinski definition) is 2. The molecular formula is C24H24N2O3. The van der Waals surface area contributed by atoms with Gasteiger partial charge in [-0.2, -0.15) is 0 Å². The fraction of sp³-hybridized carbons (Fsp3) is 0.167. The van der Waals surface area contributed by atoms with Gasteiger partial charge < -0.3 is 10.1 Å². The van der Waals surface area contributed by atoms with Gasteiger partial charge in [0.2, 0.25) is 5.91 Å². The molecule has 148 valence electrons. The van der Waals surface area contributed by atoms with Gasteiger partial charge in [0.25, 0.3) is 0 Å². The first-order chi connectivity index (χ1) is 14.2. The van der Waals surface area contributed by atoms with Gasteiger partial charge in [-0.05, 0) is 16.7 Å². The summed E-state index contributed by atoms with van der Waals surface area (Å²) in [7, 11) is 1.29. The second-order valence-electron chi connectivity index (χ2n) is 6.55. The molecule has 5 heteroatoms. The molecule has 0 bridgehead atoms. The molecule has 5 nitrogen and oxygen atoms in total. The Kier molecular flexibility index (Phi) is 6.76. The second kappa shape index (κ2) is 9.66. The van der Waals surface area contributed by atoms with E-state index in [1.165, 1.54) is 7.11 Å². The van der Waals surface area contributed by atoms with Crippen molar-refractivity contribution in [2.45, 2.75) is 5.54 Å². The van der Waals surface area contributed by atoms with Gasteiger partial charge in [-0.3, -0.25) is 14.9 Å². The molecule has 0 aromatic heterocycles. The topological polar surface area (TPSA) is 67.4 Å². The van der Waals surface area contributed by atoms with Gasteiger partial charge >= 0.3 is 5.97 Å². The van der Waals surface area contributed by atoms with E-state index >= 15 is 0 Å². The average Bonchev–Trinajstić information content (AvgIpc) is 2.80. The number of carbonyl (C=O) groups excluding carboxylic acids is 2. The SMILES string of the molecule is COC(=O)CNC(=O)CNC(c1ccccc1)(c1ccccc1)c1ccccc1. The van der Waals surface area contributed by atoms with E-state index in [1.54, 1.807) is 0 Å². The minimum Gasteiger partial charge on any atom is -0.468 e. The Hall–Kier alpha value is -3.44. The van der Waals surface area contributed by atoms with Crippen LogP contribution in [0.25, 0.3) is 0 Å². The van der Waals surface area contributed by atoms with E-state index in [2.05, 4.69) is 15.4 Å². The van der Waals surface area contributed by atoms with Crippen LogP contribution in [0, 0.1) is 0 Å². The van der Waals surface area contributed by atoms with Crippen molar-refractivity contribution in [3.8, 4) is 0 Å². The summed E-state index contributed by atoms with van der Waals surface area (Å²) in [6.45, 7) is -0.137. The first-order valence-corrected chi connectivity index (χ1v) is 9.42. The number of ether oxygens (including phenoxy) is 1. The Bertz CT molecular complexity index is 831. The van der Waals surface area contributed by atoms with Crippen molar-refractivity contribution < 1.29 is 14.3 Å². The molecule has 0 aliphatic rings. The molecule has 3 aromatic carbocycles. The highest BCUT2D eigenvalue weighted by Crippen LogP contribution is 2.36. The Labute approximate surface area is 170 Å². The number of carbonyl (C=O) groups is 2. The Morgan fingerprint density at radius 3 is 1.52 bits per heavy atom. The third kappa shape index (κ3) is 4.70. The van der Waals surface area contributed by atoms with Crippen LogP contribution in [0.5, 0.6) is 0 Å². The summed E-state index contributed by atoms with van der Waals surface area (Å²) in [5.41, 5.74) is 2.31. The van der Waals surface area contributed by atoms with Gasteiger partial charge in [0.05, 0.1) is 19.2 Å². The lowest BCUT2D eigenvalue weighted by Gasteiger charge is -2.37. The van der Waals surface area contributed by atoms with Gasteiger partial charge in [-0.25, -0.2) is 0 Å². The maximum absolute atomic E-state index is 12.4. The van der Waals surface area contributed by atoms with Crippen LogP contribution < -0.4 is 10.6 Å². The fourth-order valence-electron chi connectivity index (χ4n) is 3.39. The highest BCUT2D eigenvalue weighted by atomic mass is 16.5. The van der Waals surface area contributed by atoms with Gasteiger partial charge in [0.1, 0.15) is 6.54 Å². The molecule has 0 spiro atoms. The summed E-state index contributed by atoms with van der Waals surface area (Å²) in [6, 6.07) is 30.0. The standard InChI is InChI=1S/C24H24N2O3/c1-29-23(28)18-25-22(27)17-26-24(19-11-5-2-6-12-19,20-13-7-3-8-14-20)21-15-9-4-10-16-21/h2-16,26H,17-18H2,1H3,(H,25,27). The van der Waals surface area contributed by atoms with E-state index < -0.39 is 11.5 Å². The van der Waals surface area contributed by atoms with Gasteiger partial charge in [-0.1, -0.05) is 91.0 Å². The smallest absolute Gasteiger partial charge is 0.325 e. The van der Waals surface area contributed by atoms with Crippen molar-refractivity contribution in [2.24, 2.45) is 0 Å². The summed E-state index contributed by atoms with van der Waals surface area (Å²) in [4.78, 5) is 23.7. The number of amides is 1. The van der Waals surface area contributed by atoms with Crippen molar-refractivity contribution in [2.75, 3.05) is 20.2 Å². The van der Waals surface area contributed by atoms with E-state index in [-0.39, 0.29) is 19.0 Å². The molecule has 29 heavy (non-hydrogen) atoms. The Morgan fingerprint density at radius 2 is 1.14 bits per heavy atom. The average molecular weight is 388 g/mol. The quantitative estimate of drug-likeness (QED) is 0.460. The highest BCUT2D eigenvalue weighted by molar-refractivity contribution is 5.83. The summed E-state index contributed by atoms with van der Waals surface area (Å²) >= 11 is 0. The maximum Gasteiger partial charge on any atom is 0.325 e. The van der Waals surface area contributed by atoms with Crippen LogP contribution in [0.2, 0.25) is 0 Å². The molecule has 0 radical (unpaired) electrons. The van der Waals surface area contributed by atoms with Crippen molar-refractivity contribution in [3.63, 3.8) is 0 Å². The van der Waals surface area contributed by atoms with Crippen LogP contribution in [-0.2, 0) is 19.9 Å². The fourth-order valence-corrected chi connectivity index (χ4v) is 3.39. The molecule has 2 N–H and O–H groups in total. The van der Waals surface area contributed by atoms with Gasteiger partial charge in [0, 0.05) is 0 Å². The van der Waals surface area contributed by atoms with Crippen LogP contribution in [-0.4, -0.2) is 32.1 Å². The lowest BCUT2D eigenvalue weighted by Crippen LogP contribution is -2.49. The molecule has 0 atom stereocenters. The number of benzene rings is 3. The number of nitrogens with one attached hydrogen (secondary N) is 2. The molecule has 0 aliphatic heterocycles. The van der Waals surface area contributed by atoms with E-state index in [9.17, 15) is 9.59 Å². The predicted molar refractivity (Wildman–Crippen MR) is 112 cm³/mol. The highest BCUT2D eigenvalue weighted by Gasteiger charge is 2.36. The monoisotopic (exact) mass is 388 g/mol. The Morgan fingerprint density at radius 1 is 0.724 bits per heavy atom. The molecule has 0 heterocycles. The largest absolute Gasteiger partial charge is 0.468 e. The Balaban J connectivity index is 2.01. The van der Waals surface area contributed by atoms with Gasteiger partial charge in [0.15, 0.2) is 0 Å². The molecule has 1 amide bonds. The van der Waals surface area contributed by atoms with Crippen molar-refractivity contribution >= 4 is 11.9 Å². The summed E-state index contributed by atoms with van der Waals surface area (Å²) in [5, 5.41) is 6.04. The van der Waals surface area contributed by atoms with Gasteiger partial charge in [-0.15, -0.1) is 0 Å². The molecule has 0 fully saturated rings. The first-order valence-electron chi connectivity index (χ1n) is 9.42. The maximum atomic E-state index is 12.4. The zero-order valence-corrected chi connectivity index (χ0v) is 16.3. The number of methoxy groups -OCH3 is 1. The number of esters is 1. The van der Waals surface area contributed by atoms with Crippen LogP contribution >= 0.6 is 0 Å². The zero-order valence-electron chi connectivity index (χ0n) is 16.3. The van der Waals surface area contributed by atoms with E-state index in [0.29, 0.717) is 0 Å². The summed E-state index contributed by atoms with van der Waals surface area (Å²) in [5.74, 6) is -0.777. The molecule has 3 rings (SSSR count). The lowest BCUT2D eigenvalue weighted by atomic mass is 9.77. The molecule has 0 saturated carbocycles. The third-order valence-corrected chi connectivity index (χ3v) is 4.79. The summed E-state index contributed by atoms with van der Waals surface area (Å²) in [6.07, 6.45) is 0. The number of rotatable bonds is 8. The zero-order chi connectivity index (χ0) is 20.5. The van der Waals surface area contributed by atoms with Crippen LogP contribution in [0.1, 0.15) is 16.7 Å². The first kappa shape index (κ1) is 20.3.